The molecule has 1 amide bonds. The number of alkyl halides is 6. The fourth-order valence-corrected chi connectivity index (χ4v) is 6.48. The van der Waals surface area contributed by atoms with Crippen LogP contribution in [-0.2, 0) is 35.8 Å². The second-order valence-corrected chi connectivity index (χ2v) is 15.5. The van der Waals surface area contributed by atoms with E-state index >= 15 is 0 Å². The Morgan fingerprint density at radius 2 is 1.43 bits per heavy atom. The average Bonchev–Trinajstić information content (AvgIpc) is 4.03. The third-order valence-electron chi connectivity index (χ3n) is 9.69. The quantitative estimate of drug-likeness (QED) is 0.0889. The topological polar surface area (TPSA) is 83.3 Å². The highest BCUT2D eigenvalue weighted by Gasteiger charge is 2.38. The Balaban J connectivity index is 1.49. The Morgan fingerprint density at radius 1 is 0.849 bits per heavy atom. The van der Waals surface area contributed by atoms with Crippen molar-refractivity contribution in [2.75, 3.05) is 34.3 Å². The second-order valence-electron chi connectivity index (χ2n) is 15.5. The molecule has 53 heavy (non-hydrogen) atoms. The molecule has 0 atom stereocenters. The summed E-state index contributed by atoms with van der Waals surface area (Å²) >= 11 is 0. The van der Waals surface area contributed by atoms with E-state index in [4.69, 9.17) is 10.1 Å². The molecule has 0 bridgehead atoms. The Hall–Kier alpha value is -4.43. The third kappa shape index (κ3) is 9.21. The molecular formula is C38H46F6N8O. The number of hydrogen-bond donors (Lipinski definition) is 0. The third-order valence-corrected chi connectivity index (χ3v) is 9.69. The van der Waals surface area contributed by atoms with E-state index in [1.807, 2.05) is 45.4 Å². The molecule has 2 fully saturated rings. The van der Waals surface area contributed by atoms with Gasteiger partial charge in [0.15, 0.2) is 5.65 Å². The first-order valence-electron chi connectivity index (χ1n) is 18.2. The average molecular weight is 745 g/mol. The zero-order valence-corrected chi connectivity index (χ0v) is 30.7. The fraction of sp³-hybridized carbons (Fsp3) is 0.553. The van der Waals surface area contributed by atoms with Crippen LogP contribution in [0.3, 0.4) is 0 Å². The van der Waals surface area contributed by atoms with Crippen molar-refractivity contribution >= 4 is 34.9 Å². The van der Waals surface area contributed by atoms with Gasteiger partial charge in [-0.2, -0.15) is 31.4 Å². The zero-order valence-electron chi connectivity index (χ0n) is 30.7. The Labute approximate surface area is 305 Å². The van der Waals surface area contributed by atoms with Crippen LogP contribution in [0, 0.1) is 18.8 Å². The predicted molar refractivity (Wildman–Crippen MR) is 192 cm³/mol. The van der Waals surface area contributed by atoms with E-state index in [0.29, 0.717) is 41.9 Å². The van der Waals surface area contributed by atoms with E-state index in [1.54, 1.807) is 4.90 Å². The maximum atomic E-state index is 14.0. The Morgan fingerprint density at radius 3 is 1.92 bits per heavy atom. The van der Waals surface area contributed by atoms with Gasteiger partial charge >= 0.3 is 12.4 Å². The molecule has 1 aromatic carbocycles. The molecule has 0 N–H and O–H groups in total. The van der Waals surface area contributed by atoms with Gasteiger partial charge in [0.05, 0.1) is 40.4 Å². The minimum absolute atomic E-state index is 0.0222. The molecule has 2 saturated carbocycles. The summed E-state index contributed by atoms with van der Waals surface area (Å²) in [5.74, 6) is 1.81. The Kier molecular flexibility index (Phi) is 10.7. The lowest BCUT2D eigenvalue weighted by atomic mass is 10.0. The molecule has 15 heteroatoms. The van der Waals surface area contributed by atoms with Crippen molar-refractivity contribution in [1.29, 1.82) is 0 Å². The molecule has 0 saturated heterocycles. The molecule has 4 aromatic rings. The van der Waals surface area contributed by atoms with Gasteiger partial charge in [-0.05, 0) is 101 Å². The van der Waals surface area contributed by atoms with Crippen molar-refractivity contribution in [3.8, 4) is 0 Å². The van der Waals surface area contributed by atoms with Crippen molar-refractivity contribution in [2.24, 2.45) is 11.8 Å². The molecule has 0 spiro atoms. The maximum absolute atomic E-state index is 14.0. The number of aromatic nitrogens is 5. The van der Waals surface area contributed by atoms with Gasteiger partial charge in [0.1, 0.15) is 5.82 Å². The van der Waals surface area contributed by atoms with Crippen LogP contribution in [0.2, 0.25) is 0 Å². The first-order valence-corrected chi connectivity index (χ1v) is 18.2. The minimum atomic E-state index is -5.01. The molecule has 3 heterocycles. The standard InChI is InChI=1S/C38H46F6N8O/c1-6-7-12-49(23-53)31-17-45-35(46-18-31)51(21-27-13-29(37(39,40)41)16-30(14-27)38(42,43)44)22-28-15-32-24(2)48-52(36(3,4)5)34(32)47-33(28)50(19-25-8-9-25)20-26-10-11-26/h13-18,23,25-26H,6-12,19-22H2,1-5H3. The monoisotopic (exact) mass is 744 g/mol. The minimum Gasteiger partial charge on any atom is -0.356 e. The fourth-order valence-electron chi connectivity index (χ4n) is 6.48. The molecule has 3 aromatic heterocycles. The highest BCUT2D eigenvalue weighted by atomic mass is 19.4. The van der Waals surface area contributed by atoms with Gasteiger partial charge < -0.3 is 14.7 Å². The van der Waals surface area contributed by atoms with Crippen LogP contribution < -0.4 is 14.7 Å². The number of amides is 1. The molecule has 0 aliphatic heterocycles. The number of aryl methyl sites for hydroxylation is 1. The van der Waals surface area contributed by atoms with E-state index in [9.17, 15) is 31.1 Å². The lowest BCUT2D eigenvalue weighted by Gasteiger charge is -2.30. The van der Waals surface area contributed by atoms with Gasteiger partial charge in [-0.1, -0.05) is 13.3 Å². The number of rotatable bonds is 15. The molecule has 2 aliphatic carbocycles. The molecule has 286 valence electrons. The molecule has 9 nitrogen and oxygen atoms in total. The van der Waals surface area contributed by atoms with Gasteiger partial charge in [0.2, 0.25) is 12.4 Å². The van der Waals surface area contributed by atoms with Crippen LogP contribution in [0.1, 0.15) is 94.2 Å². The first-order chi connectivity index (χ1) is 24.9. The number of nitrogens with zero attached hydrogens (tertiary/aromatic N) is 8. The summed E-state index contributed by atoms with van der Waals surface area (Å²) in [4.78, 5) is 31.5. The molecule has 0 radical (unpaired) electrons. The van der Waals surface area contributed by atoms with Crippen LogP contribution in [0.25, 0.3) is 11.0 Å². The summed E-state index contributed by atoms with van der Waals surface area (Å²) in [6.45, 7) is 11.7. The summed E-state index contributed by atoms with van der Waals surface area (Å²) in [5.41, 5.74) is -0.802. The lowest BCUT2D eigenvalue weighted by Crippen LogP contribution is -2.32. The van der Waals surface area contributed by atoms with Crippen LogP contribution in [0.5, 0.6) is 0 Å². The number of pyridine rings is 1. The summed E-state index contributed by atoms with van der Waals surface area (Å²) in [6, 6.07) is 3.59. The number of anilines is 3. The molecular weight excluding hydrogens is 698 g/mol. The molecule has 2 aliphatic rings. The number of benzene rings is 1. The smallest absolute Gasteiger partial charge is 0.356 e. The number of hydrogen-bond acceptors (Lipinski definition) is 7. The van der Waals surface area contributed by atoms with Crippen LogP contribution in [0.4, 0.5) is 43.8 Å². The highest BCUT2D eigenvalue weighted by molar-refractivity contribution is 5.82. The van der Waals surface area contributed by atoms with Gasteiger partial charge in [0, 0.05) is 43.7 Å². The van der Waals surface area contributed by atoms with Crippen LogP contribution >= 0.6 is 0 Å². The van der Waals surface area contributed by atoms with Gasteiger partial charge in [-0.15, -0.1) is 0 Å². The van der Waals surface area contributed by atoms with Crippen molar-refractivity contribution in [3.63, 3.8) is 0 Å². The first kappa shape index (κ1) is 38.3. The highest BCUT2D eigenvalue weighted by Crippen LogP contribution is 2.40. The van der Waals surface area contributed by atoms with Gasteiger partial charge in [0.25, 0.3) is 0 Å². The van der Waals surface area contributed by atoms with Gasteiger partial charge in [-0.25, -0.2) is 19.6 Å². The second kappa shape index (κ2) is 14.8. The predicted octanol–water partition coefficient (Wildman–Crippen LogP) is 8.92. The molecule has 6 rings (SSSR count). The maximum Gasteiger partial charge on any atom is 0.416 e. The van der Waals surface area contributed by atoms with Crippen molar-refractivity contribution < 1.29 is 31.1 Å². The van der Waals surface area contributed by atoms with E-state index in [0.717, 1.165) is 80.4 Å². The van der Waals surface area contributed by atoms with Crippen molar-refractivity contribution in [2.45, 2.75) is 104 Å². The van der Waals surface area contributed by atoms with Crippen molar-refractivity contribution in [3.05, 3.63) is 64.6 Å². The summed E-state index contributed by atoms with van der Waals surface area (Å²) in [6.07, 6.45) is -0.425. The largest absolute Gasteiger partial charge is 0.416 e. The number of fused-ring (bicyclic) bond motifs is 1. The normalized spacial score (nSPS) is 15.2. The van der Waals surface area contributed by atoms with Crippen LogP contribution in [0.15, 0.2) is 36.7 Å². The summed E-state index contributed by atoms with van der Waals surface area (Å²) in [7, 11) is 0. The molecule has 0 unspecified atom stereocenters. The lowest BCUT2D eigenvalue weighted by molar-refractivity contribution is -0.143. The summed E-state index contributed by atoms with van der Waals surface area (Å²) in [5, 5.41) is 5.62. The Bertz CT molecular complexity index is 1860. The number of halogens is 6. The van der Waals surface area contributed by atoms with E-state index in [-0.39, 0.29) is 36.2 Å². The van der Waals surface area contributed by atoms with Crippen LogP contribution in [-0.4, -0.2) is 50.8 Å². The number of carbonyl (C=O) groups is 1. The number of unbranched alkanes of at least 4 members (excludes halogenated alkanes) is 1. The van der Waals surface area contributed by atoms with Gasteiger partial charge in [-0.3, -0.25) is 4.79 Å². The van der Waals surface area contributed by atoms with Crippen molar-refractivity contribution in [1.82, 2.24) is 24.7 Å². The SMILES string of the molecule is CCCCN(C=O)c1cnc(N(Cc2cc(C(F)(F)F)cc(C(F)(F)F)c2)Cc2cc3c(C)nn(C(C)(C)C)c3nc2N(CC2CC2)CC2CC2)nc1. The van der Waals surface area contributed by atoms with E-state index < -0.39 is 23.5 Å². The zero-order chi connectivity index (χ0) is 38.3. The number of carbonyl (C=O) groups excluding carboxylic acids is 1. The van der Waals surface area contributed by atoms with E-state index in [1.165, 1.54) is 17.3 Å². The summed E-state index contributed by atoms with van der Waals surface area (Å²) < 4.78 is 85.6. The van der Waals surface area contributed by atoms with E-state index in [2.05, 4.69) is 14.9 Å².